The molecule has 2 heterocycles. The summed E-state index contributed by atoms with van der Waals surface area (Å²) in [6, 6.07) is 8.50. The summed E-state index contributed by atoms with van der Waals surface area (Å²) in [5.74, 6) is -0.714. The number of aromatic nitrogens is 3. The van der Waals surface area contributed by atoms with Gasteiger partial charge >= 0.3 is 5.69 Å². The molecule has 0 saturated carbocycles. The number of amides is 1. The summed E-state index contributed by atoms with van der Waals surface area (Å²) in [5.41, 5.74) is 3.05. The molecule has 9 heteroatoms. The number of carbonyl (C=O) groups is 1. The number of ether oxygens (including phenoxy) is 1. The Morgan fingerprint density at radius 2 is 2.10 bits per heavy atom. The van der Waals surface area contributed by atoms with Crippen LogP contribution in [0.2, 0.25) is 5.02 Å². The highest BCUT2D eigenvalue weighted by Gasteiger charge is 2.17. The fourth-order valence-electron chi connectivity index (χ4n) is 3.58. The third-order valence-corrected chi connectivity index (χ3v) is 5.47. The molecule has 0 spiro atoms. The first kappa shape index (κ1) is 20.1. The average Bonchev–Trinajstić information content (AvgIpc) is 3.00. The molecule has 0 fully saturated rings. The number of aryl methyl sites for hydroxylation is 1. The van der Waals surface area contributed by atoms with Crippen molar-refractivity contribution in [1.82, 2.24) is 14.1 Å². The number of anilines is 1. The number of fused-ring (bicyclic) bond motifs is 3. The Hall–Kier alpha value is -3.23. The van der Waals surface area contributed by atoms with Gasteiger partial charge in [-0.2, -0.15) is 0 Å². The zero-order valence-electron chi connectivity index (χ0n) is 16.3. The van der Waals surface area contributed by atoms with Crippen molar-refractivity contribution in [3.05, 3.63) is 57.9 Å². The van der Waals surface area contributed by atoms with Crippen LogP contribution in [0.25, 0.3) is 33.1 Å². The van der Waals surface area contributed by atoms with E-state index in [-0.39, 0.29) is 16.4 Å². The summed E-state index contributed by atoms with van der Waals surface area (Å²) in [4.78, 5) is 27.8. The monoisotopic (exact) mass is 428 g/mol. The normalized spacial score (nSPS) is 11.3. The van der Waals surface area contributed by atoms with Gasteiger partial charge in [0.25, 0.3) is 0 Å². The highest BCUT2D eigenvalue weighted by molar-refractivity contribution is 6.34. The first-order valence-corrected chi connectivity index (χ1v) is 9.51. The molecular formula is C21H18ClFN4O3. The van der Waals surface area contributed by atoms with Gasteiger partial charge in [-0.25, -0.2) is 9.18 Å². The van der Waals surface area contributed by atoms with Gasteiger partial charge in [-0.05, 0) is 23.8 Å². The van der Waals surface area contributed by atoms with Crippen molar-refractivity contribution in [3.8, 4) is 11.1 Å². The molecule has 0 bridgehead atoms. The maximum Gasteiger partial charge on any atom is 0.328 e. The first-order valence-electron chi connectivity index (χ1n) is 9.13. The molecule has 154 valence electrons. The van der Waals surface area contributed by atoms with Crippen molar-refractivity contribution in [2.45, 2.75) is 6.54 Å². The standard InChI is InChI=1S/C21H18ClFN4O3/c1-26-17-10-24-15-5-3-12(13-4-6-16(25-11-28)19(23)18(13)22)9-14(15)20(17)27(21(26)29)7-8-30-2/h3-6,9-11H,7-8H2,1-2H3,(H,25,28). The van der Waals surface area contributed by atoms with Crippen molar-refractivity contribution < 1.29 is 13.9 Å². The van der Waals surface area contributed by atoms with Crippen molar-refractivity contribution >= 4 is 45.6 Å². The summed E-state index contributed by atoms with van der Waals surface area (Å²) in [6.07, 6.45) is 2.05. The lowest BCUT2D eigenvalue weighted by Gasteiger charge is -2.11. The van der Waals surface area contributed by atoms with E-state index >= 15 is 0 Å². The van der Waals surface area contributed by atoms with Crippen LogP contribution in [-0.2, 0) is 23.1 Å². The van der Waals surface area contributed by atoms with Crippen molar-refractivity contribution in [3.63, 3.8) is 0 Å². The maximum atomic E-state index is 14.5. The predicted molar refractivity (Wildman–Crippen MR) is 114 cm³/mol. The van der Waals surface area contributed by atoms with Crippen LogP contribution in [0.1, 0.15) is 0 Å². The van der Waals surface area contributed by atoms with Gasteiger partial charge in [-0.15, -0.1) is 0 Å². The number of pyridine rings is 1. The number of rotatable bonds is 6. The summed E-state index contributed by atoms with van der Waals surface area (Å²) in [6.45, 7) is 0.766. The van der Waals surface area contributed by atoms with E-state index in [2.05, 4.69) is 10.3 Å². The topological polar surface area (TPSA) is 78.2 Å². The molecule has 2 aromatic carbocycles. The van der Waals surface area contributed by atoms with E-state index in [4.69, 9.17) is 16.3 Å². The minimum atomic E-state index is -0.714. The number of nitrogens with one attached hydrogen (secondary N) is 1. The average molecular weight is 429 g/mol. The van der Waals surface area contributed by atoms with Gasteiger partial charge in [0.05, 0.1) is 46.6 Å². The fraction of sp³-hybridized carbons (Fsp3) is 0.190. The smallest absolute Gasteiger partial charge is 0.328 e. The lowest BCUT2D eigenvalue weighted by atomic mass is 10.0. The van der Waals surface area contributed by atoms with Crippen LogP contribution in [-0.4, -0.2) is 34.2 Å². The van der Waals surface area contributed by atoms with Gasteiger partial charge < -0.3 is 10.1 Å². The quantitative estimate of drug-likeness (QED) is 0.476. The molecule has 0 aliphatic heterocycles. The fourth-order valence-corrected chi connectivity index (χ4v) is 3.86. The van der Waals surface area contributed by atoms with Crippen LogP contribution in [0.5, 0.6) is 0 Å². The second kappa shape index (κ2) is 7.89. The Bertz CT molecular complexity index is 1350. The van der Waals surface area contributed by atoms with Crippen LogP contribution < -0.4 is 11.0 Å². The molecule has 0 unspecified atom stereocenters. The molecule has 4 rings (SSSR count). The summed E-state index contributed by atoms with van der Waals surface area (Å²) in [5, 5.41) is 2.92. The third-order valence-electron chi connectivity index (χ3n) is 5.10. The first-order chi connectivity index (χ1) is 14.5. The third kappa shape index (κ3) is 3.14. The number of nitrogens with zero attached hydrogens (tertiary/aromatic N) is 3. The molecule has 1 amide bonds. The van der Waals surface area contributed by atoms with Gasteiger partial charge in [0.1, 0.15) is 0 Å². The Labute approximate surface area is 175 Å². The number of imidazole rings is 1. The van der Waals surface area contributed by atoms with Crippen molar-refractivity contribution in [1.29, 1.82) is 0 Å². The SMILES string of the molecule is COCCn1c(=O)n(C)c2cnc3ccc(-c4ccc(NC=O)c(F)c4Cl)cc3c21. The van der Waals surface area contributed by atoms with E-state index in [1.54, 1.807) is 43.1 Å². The number of carbonyl (C=O) groups excluding carboxylic acids is 1. The summed E-state index contributed by atoms with van der Waals surface area (Å²) < 4.78 is 22.9. The van der Waals surface area contributed by atoms with Crippen LogP contribution in [0, 0.1) is 5.82 Å². The Balaban J connectivity index is 1.97. The van der Waals surface area contributed by atoms with E-state index in [0.29, 0.717) is 41.7 Å². The number of hydrogen-bond acceptors (Lipinski definition) is 4. The zero-order chi connectivity index (χ0) is 21.4. The highest BCUT2D eigenvalue weighted by Crippen LogP contribution is 2.36. The van der Waals surface area contributed by atoms with E-state index in [1.807, 2.05) is 6.07 Å². The maximum absolute atomic E-state index is 14.5. The Kier molecular flexibility index (Phi) is 5.27. The number of hydrogen-bond donors (Lipinski definition) is 1. The minimum absolute atomic E-state index is 0.0000553. The van der Waals surface area contributed by atoms with Crippen molar-refractivity contribution in [2.24, 2.45) is 7.05 Å². The van der Waals surface area contributed by atoms with E-state index in [9.17, 15) is 14.0 Å². The van der Waals surface area contributed by atoms with Gasteiger partial charge in [-0.3, -0.25) is 18.9 Å². The molecule has 0 aliphatic rings. The van der Waals surface area contributed by atoms with Gasteiger partial charge in [0.15, 0.2) is 5.82 Å². The van der Waals surface area contributed by atoms with Crippen LogP contribution >= 0.6 is 11.6 Å². The van der Waals surface area contributed by atoms with E-state index < -0.39 is 5.82 Å². The van der Waals surface area contributed by atoms with Crippen LogP contribution in [0.4, 0.5) is 10.1 Å². The molecule has 0 radical (unpaired) electrons. The highest BCUT2D eigenvalue weighted by atomic mass is 35.5. The number of methoxy groups -OCH3 is 1. The minimum Gasteiger partial charge on any atom is -0.383 e. The van der Waals surface area contributed by atoms with E-state index in [0.717, 1.165) is 10.9 Å². The second-order valence-corrected chi connectivity index (χ2v) is 7.14. The molecule has 1 N–H and O–H groups in total. The zero-order valence-corrected chi connectivity index (χ0v) is 17.0. The molecule has 2 aromatic heterocycles. The molecular weight excluding hydrogens is 411 g/mol. The van der Waals surface area contributed by atoms with E-state index in [1.165, 1.54) is 10.6 Å². The molecule has 4 aromatic rings. The largest absolute Gasteiger partial charge is 0.383 e. The van der Waals surface area contributed by atoms with Crippen molar-refractivity contribution in [2.75, 3.05) is 19.0 Å². The van der Waals surface area contributed by atoms with Gasteiger partial charge in [-0.1, -0.05) is 23.7 Å². The second-order valence-electron chi connectivity index (χ2n) is 6.76. The number of benzene rings is 2. The molecule has 0 atom stereocenters. The molecule has 0 saturated heterocycles. The lowest BCUT2D eigenvalue weighted by Crippen LogP contribution is -2.23. The van der Waals surface area contributed by atoms with Gasteiger partial charge in [0, 0.05) is 25.1 Å². The summed E-state index contributed by atoms with van der Waals surface area (Å²) >= 11 is 6.24. The molecule has 0 aliphatic carbocycles. The Morgan fingerprint density at radius 1 is 1.30 bits per heavy atom. The molecule has 30 heavy (non-hydrogen) atoms. The lowest BCUT2D eigenvalue weighted by molar-refractivity contribution is -0.105. The van der Waals surface area contributed by atoms with Crippen LogP contribution in [0.15, 0.2) is 41.3 Å². The van der Waals surface area contributed by atoms with Crippen LogP contribution in [0.3, 0.4) is 0 Å². The van der Waals surface area contributed by atoms with Gasteiger partial charge in [0.2, 0.25) is 6.41 Å². The molecule has 7 nitrogen and oxygen atoms in total. The summed E-state index contributed by atoms with van der Waals surface area (Å²) in [7, 11) is 3.27. The predicted octanol–water partition coefficient (Wildman–Crippen LogP) is 3.56. The Morgan fingerprint density at radius 3 is 2.83 bits per heavy atom. The number of halogens is 2.